The zero-order valence-electron chi connectivity index (χ0n) is 13.8. The van der Waals surface area contributed by atoms with E-state index in [1.807, 2.05) is 0 Å². The summed E-state index contributed by atoms with van der Waals surface area (Å²) in [6.45, 7) is 11.9. The second kappa shape index (κ2) is 8.23. The summed E-state index contributed by atoms with van der Waals surface area (Å²) in [4.78, 5) is 8.78. The van der Waals surface area contributed by atoms with Crippen LogP contribution in [-0.2, 0) is 6.42 Å². The largest absolute Gasteiger partial charge is 0.476 e. The average Bonchev–Trinajstić information content (AvgIpc) is 2.36. The number of hydrogen-bond acceptors (Lipinski definition) is 3. The van der Waals surface area contributed by atoms with E-state index in [9.17, 15) is 0 Å². The quantitative estimate of drug-likeness (QED) is 0.616. The zero-order chi connectivity index (χ0) is 15.0. The molecule has 3 heteroatoms. The molecule has 1 rings (SSSR count). The third-order valence-corrected chi connectivity index (χ3v) is 3.31. The molecule has 0 saturated carbocycles. The molecule has 114 valence electrons. The Morgan fingerprint density at radius 3 is 2.50 bits per heavy atom. The van der Waals surface area contributed by atoms with Crippen molar-refractivity contribution >= 4 is 0 Å². The Kier molecular flexibility index (Phi) is 6.97. The predicted molar refractivity (Wildman–Crippen MR) is 84.0 cm³/mol. The van der Waals surface area contributed by atoms with E-state index in [2.05, 4.69) is 44.6 Å². The molecule has 0 amide bonds. The molecule has 0 aliphatic heterocycles. The number of ether oxygens (including phenoxy) is 1. The lowest BCUT2D eigenvalue weighted by atomic mass is 9.85. The Hall–Kier alpha value is -1.12. The van der Waals surface area contributed by atoms with Crippen LogP contribution in [0.4, 0.5) is 0 Å². The van der Waals surface area contributed by atoms with Crippen molar-refractivity contribution in [2.24, 2.45) is 11.3 Å². The first-order chi connectivity index (χ1) is 9.44. The van der Waals surface area contributed by atoms with Crippen LogP contribution in [0.2, 0.25) is 0 Å². The molecule has 20 heavy (non-hydrogen) atoms. The van der Waals surface area contributed by atoms with Crippen LogP contribution in [0.5, 0.6) is 5.88 Å². The zero-order valence-corrected chi connectivity index (χ0v) is 13.8. The first kappa shape index (κ1) is 16.9. The van der Waals surface area contributed by atoms with Gasteiger partial charge in [0.15, 0.2) is 0 Å². The molecule has 3 nitrogen and oxygen atoms in total. The van der Waals surface area contributed by atoms with Gasteiger partial charge in [-0.15, -0.1) is 0 Å². The minimum absolute atomic E-state index is 0.173. The molecular formula is C17H30N2O. The van der Waals surface area contributed by atoms with Gasteiger partial charge >= 0.3 is 0 Å². The molecule has 1 aromatic heterocycles. The van der Waals surface area contributed by atoms with Crippen LogP contribution in [0.1, 0.15) is 66.0 Å². The third-order valence-electron chi connectivity index (χ3n) is 3.31. The normalized spacial score (nSPS) is 11.9. The highest BCUT2D eigenvalue weighted by Gasteiger charge is 2.21. The summed E-state index contributed by atoms with van der Waals surface area (Å²) in [5.74, 6) is 1.40. The number of hydrogen-bond donors (Lipinski definition) is 0. The van der Waals surface area contributed by atoms with Crippen molar-refractivity contribution < 1.29 is 4.74 Å². The molecule has 0 N–H and O–H groups in total. The fourth-order valence-corrected chi connectivity index (χ4v) is 2.62. The fourth-order valence-electron chi connectivity index (χ4n) is 2.62. The molecule has 0 aliphatic rings. The first-order valence-electron chi connectivity index (χ1n) is 7.87. The van der Waals surface area contributed by atoms with Gasteiger partial charge in [-0.25, -0.2) is 4.98 Å². The third kappa shape index (κ3) is 6.36. The summed E-state index contributed by atoms with van der Waals surface area (Å²) < 4.78 is 5.96. The van der Waals surface area contributed by atoms with E-state index in [1.54, 1.807) is 12.4 Å². The summed E-state index contributed by atoms with van der Waals surface area (Å²) in [6.07, 6.45) is 9.19. The molecule has 0 unspecified atom stereocenters. The van der Waals surface area contributed by atoms with Crippen molar-refractivity contribution in [3.63, 3.8) is 0 Å². The van der Waals surface area contributed by atoms with E-state index < -0.39 is 0 Å². The number of aromatic nitrogens is 2. The van der Waals surface area contributed by atoms with Gasteiger partial charge in [0.1, 0.15) is 5.69 Å². The van der Waals surface area contributed by atoms with Crippen LogP contribution in [0.15, 0.2) is 12.4 Å². The van der Waals surface area contributed by atoms with Crippen LogP contribution in [0, 0.1) is 11.3 Å². The second-order valence-electron chi connectivity index (χ2n) is 6.82. The van der Waals surface area contributed by atoms with Gasteiger partial charge in [0.25, 0.3) is 0 Å². The predicted octanol–water partition coefficient (Wildman–Crippen LogP) is 4.66. The van der Waals surface area contributed by atoms with Crippen LogP contribution < -0.4 is 4.74 Å². The number of aryl methyl sites for hydroxylation is 1. The molecule has 0 aromatic carbocycles. The summed E-state index contributed by atoms with van der Waals surface area (Å²) in [5.41, 5.74) is 1.17. The fraction of sp³-hybridized carbons (Fsp3) is 0.765. The molecule has 0 radical (unpaired) electrons. The first-order valence-corrected chi connectivity index (χ1v) is 7.87. The topological polar surface area (TPSA) is 35.0 Å². The lowest BCUT2D eigenvalue weighted by Gasteiger charge is -2.26. The van der Waals surface area contributed by atoms with E-state index in [1.165, 1.54) is 12.8 Å². The monoisotopic (exact) mass is 278 g/mol. The summed E-state index contributed by atoms with van der Waals surface area (Å²) in [7, 11) is 0. The van der Waals surface area contributed by atoms with E-state index in [-0.39, 0.29) is 5.41 Å². The summed E-state index contributed by atoms with van der Waals surface area (Å²) in [5, 5.41) is 0. The lowest BCUT2D eigenvalue weighted by molar-refractivity contribution is 0.147. The number of unbranched alkanes of at least 4 members (excludes halogenated alkanes) is 2. The van der Waals surface area contributed by atoms with Gasteiger partial charge in [-0.3, -0.25) is 4.98 Å². The molecule has 0 atom stereocenters. The van der Waals surface area contributed by atoms with Crippen molar-refractivity contribution in [1.82, 2.24) is 9.97 Å². The molecule has 1 aromatic rings. The van der Waals surface area contributed by atoms with E-state index in [4.69, 9.17) is 4.74 Å². The van der Waals surface area contributed by atoms with Gasteiger partial charge in [-0.2, -0.15) is 0 Å². The van der Waals surface area contributed by atoms with E-state index >= 15 is 0 Å². The summed E-state index contributed by atoms with van der Waals surface area (Å²) in [6, 6.07) is 0. The van der Waals surface area contributed by atoms with Crippen molar-refractivity contribution in [1.29, 1.82) is 0 Å². The maximum atomic E-state index is 5.96. The highest BCUT2D eigenvalue weighted by atomic mass is 16.5. The maximum absolute atomic E-state index is 5.96. The standard InChI is InChI=1S/C17H30N2O/c1-6-7-8-9-15-16(19-11-10-18-15)20-13-17(4,5)12-14(2)3/h10-11,14H,6-9,12-13H2,1-5H3. The van der Waals surface area contributed by atoms with Crippen LogP contribution in [-0.4, -0.2) is 16.6 Å². The van der Waals surface area contributed by atoms with Crippen molar-refractivity contribution in [2.75, 3.05) is 6.61 Å². The molecule has 1 heterocycles. The highest BCUT2D eigenvalue weighted by Crippen LogP contribution is 2.26. The molecule has 0 saturated heterocycles. The lowest BCUT2D eigenvalue weighted by Crippen LogP contribution is -2.24. The van der Waals surface area contributed by atoms with Gasteiger partial charge in [0, 0.05) is 12.4 Å². The van der Waals surface area contributed by atoms with Crippen molar-refractivity contribution in [3.8, 4) is 5.88 Å². The van der Waals surface area contributed by atoms with E-state index in [0.717, 1.165) is 30.8 Å². The molecule has 0 bridgehead atoms. The van der Waals surface area contributed by atoms with Gasteiger partial charge in [-0.1, -0.05) is 47.5 Å². The van der Waals surface area contributed by atoms with Gasteiger partial charge < -0.3 is 4.74 Å². The minimum Gasteiger partial charge on any atom is -0.476 e. The molecule has 0 spiro atoms. The van der Waals surface area contributed by atoms with E-state index in [0.29, 0.717) is 12.5 Å². The Bertz CT molecular complexity index is 388. The van der Waals surface area contributed by atoms with Crippen molar-refractivity contribution in [2.45, 2.75) is 66.7 Å². The molecular weight excluding hydrogens is 248 g/mol. The van der Waals surface area contributed by atoms with Crippen LogP contribution >= 0.6 is 0 Å². The molecule has 0 fully saturated rings. The highest BCUT2D eigenvalue weighted by molar-refractivity contribution is 5.17. The summed E-state index contributed by atoms with van der Waals surface area (Å²) >= 11 is 0. The Labute approximate surface area is 124 Å². The Morgan fingerprint density at radius 1 is 1.15 bits per heavy atom. The van der Waals surface area contributed by atoms with Gasteiger partial charge in [-0.05, 0) is 30.6 Å². The smallest absolute Gasteiger partial charge is 0.235 e. The van der Waals surface area contributed by atoms with Crippen LogP contribution in [0.25, 0.3) is 0 Å². The second-order valence-corrected chi connectivity index (χ2v) is 6.82. The Balaban J connectivity index is 2.58. The molecule has 0 aliphatic carbocycles. The number of rotatable bonds is 9. The van der Waals surface area contributed by atoms with Gasteiger partial charge in [0.05, 0.1) is 6.61 Å². The van der Waals surface area contributed by atoms with Crippen molar-refractivity contribution in [3.05, 3.63) is 18.1 Å². The Morgan fingerprint density at radius 2 is 1.85 bits per heavy atom. The minimum atomic E-state index is 0.173. The van der Waals surface area contributed by atoms with Crippen LogP contribution in [0.3, 0.4) is 0 Å². The number of nitrogens with zero attached hydrogens (tertiary/aromatic N) is 2. The maximum Gasteiger partial charge on any atom is 0.235 e. The average molecular weight is 278 g/mol. The van der Waals surface area contributed by atoms with Gasteiger partial charge in [0.2, 0.25) is 5.88 Å². The SMILES string of the molecule is CCCCCc1nccnc1OCC(C)(C)CC(C)C.